The summed E-state index contributed by atoms with van der Waals surface area (Å²) < 4.78 is 0. The van der Waals surface area contributed by atoms with Gasteiger partial charge in [0.15, 0.2) is 0 Å². The van der Waals surface area contributed by atoms with Gasteiger partial charge in [-0.3, -0.25) is 9.59 Å². The Morgan fingerprint density at radius 2 is 1.91 bits per heavy atom. The minimum Gasteiger partial charge on any atom is -0.342 e. The van der Waals surface area contributed by atoms with Crippen LogP contribution in [0.25, 0.3) is 0 Å². The van der Waals surface area contributed by atoms with Gasteiger partial charge in [0.25, 0.3) is 0 Å². The molecule has 0 heterocycles. The Bertz CT molecular complexity index is 521. The van der Waals surface area contributed by atoms with Crippen LogP contribution in [-0.4, -0.2) is 29.8 Å². The summed E-state index contributed by atoms with van der Waals surface area (Å²) >= 11 is 11.9. The second kappa shape index (κ2) is 9.70. The Balaban J connectivity index is 2.49. The van der Waals surface area contributed by atoms with Crippen LogP contribution in [0.5, 0.6) is 0 Å². The predicted octanol–water partition coefficient (Wildman–Crippen LogP) is 4.36. The molecule has 1 aromatic rings. The average Bonchev–Trinajstić information content (AvgIpc) is 2.46. The van der Waals surface area contributed by atoms with E-state index in [1.807, 2.05) is 0 Å². The number of nitrogens with zero attached hydrogens (tertiary/aromatic N) is 1. The van der Waals surface area contributed by atoms with Crippen LogP contribution in [0.3, 0.4) is 0 Å². The van der Waals surface area contributed by atoms with Gasteiger partial charge in [-0.2, -0.15) is 0 Å². The highest BCUT2D eigenvalue weighted by Crippen LogP contribution is 2.25. The number of rotatable bonds is 8. The molecular formula is C16H22Cl2N2O2. The van der Waals surface area contributed by atoms with Gasteiger partial charge in [-0.05, 0) is 24.6 Å². The van der Waals surface area contributed by atoms with Crippen LogP contribution < -0.4 is 5.32 Å². The van der Waals surface area contributed by atoms with E-state index in [9.17, 15) is 9.59 Å². The van der Waals surface area contributed by atoms with Crippen molar-refractivity contribution in [2.75, 3.05) is 18.4 Å². The van der Waals surface area contributed by atoms with Crippen molar-refractivity contribution in [2.24, 2.45) is 0 Å². The van der Waals surface area contributed by atoms with Crippen LogP contribution in [0.1, 0.15) is 39.5 Å². The van der Waals surface area contributed by atoms with E-state index in [2.05, 4.69) is 12.2 Å². The lowest BCUT2D eigenvalue weighted by molar-refractivity contribution is -0.129. The van der Waals surface area contributed by atoms with Crippen molar-refractivity contribution in [3.05, 3.63) is 28.2 Å². The number of anilines is 1. The maximum Gasteiger partial charge on any atom is 0.226 e. The van der Waals surface area contributed by atoms with E-state index in [4.69, 9.17) is 23.2 Å². The Kier molecular flexibility index (Phi) is 8.28. The van der Waals surface area contributed by atoms with E-state index < -0.39 is 0 Å². The molecule has 1 N–H and O–H groups in total. The van der Waals surface area contributed by atoms with E-state index in [1.165, 1.54) is 6.92 Å². The number of halogens is 2. The Morgan fingerprint density at radius 3 is 2.55 bits per heavy atom. The lowest BCUT2D eigenvalue weighted by Crippen LogP contribution is -2.32. The summed E-state index contributed by atoms with van der Waals surface area (Å²) in [6.07, 6.45) is 3.36. The minimum atomic E-state index is -0.189. The zero-order chi connectivity index (χ0) is 16.5. The highest BCUT2D eigenvalue weighted by Gasteiger charge is 2.12. The summed E-state index contributed by atoms with van der Waals surface area (Å²) in [6, 6.07) is 4.89. The molecule has 1 aromatic carbocycles. The van der Waals surface area contributed by atoms with E-state index in [1.54, 1.807) is 23.1 Å². The number of hydrogen-bond donors (Lipinski definition) is 1. The van der Waals surface area contributed by atoms with Crippen LogP contribution in [0, 0.1) is 0 Å². The van der Waals surface area contributed by atoms with Crippen LogP contribution >= 0.6 is 23.2 Å². The molecule has 0 aliphatic heterocycles. The molecule has 1 rings (SSSR count). The summed E-state index contributed by atoms with van der Waals surface area (Å²) in [4.78, 5) is 25.2. The average molecular weight is 345 g/mol. The summed E-state index contributed by atoms with van der Waals surface area (Å²) in [5, 5.41) is 3.66. The Morgan fingerprint density at radius 1 is 1.18 bits per heavy atom. The molecule has 0 saturated carbocycles. The smallest absolute Gasteiger partial charge is 0.226 e. The molecule has 0 bridgehead atoms. The number of amides is 2. The van der Waals surface area contributed by atoms with Gasteiger partial charge < -0.3 is 10.2 Å². The summed E-state index contributed by atoms with van der Waals surface area (Å²) in [5.74, 6) is -0.199. The van der Waals surface area contributed by atoms with Gasteiger partial charge in [-0.25, -0.2) is 0 Å². The standard InChI is InChI=1S/C16H22Cl2N2O2/c1-3-4-5-9-20(12(2)21)10-8-16(22)19-15-11-13(17)6-7-14(15)18/h6-7,11H,3-5,8-10H2,1-2H3,(H,19,22). The fourth-order valence-electron chi connectivity index (χ4n) is 2.02. The van der Waals surface area contributed by atoms with Crippen molar-refractivity contribution in [1.82, 2.24) is 4.90 Å². The number of carbonyl (C=O) groups excluding carboxylic acids is 2. The zero-order valence-corrected chi connectivity index (χ0v) is 14.5. The van der Waals surface area contributed by atoms with E-state index in [-0.39, 0.29) is 18.2 Å². The molecule has 22 heavy (non-hydrogen) atoms. The number of unbranched alkanes of at least 4 members (excludes halogenated alkanes) is 2. The first kappa shape index (κ1) is 18.8. The molecule has 0 spiro atoms. The summed E-state index contributed by atoms with van der Waals surface area (Å²) in [5.41, 5.74) is 0.486. The second-order valence-electron chi connectivity index (χ2n) is 5.14. The first-order valence-corrected chi connectivity index (χ1v) is 8.20. The monoisotopic (exact) mass is 344 g/mol. The van der Waals surface area contributed by atoms with Crippen molar-refractivity contribution in [3.8, 4) is 0 Å². The molecule has 0 atom stereocenters. The minimum absolute atomic E-state index is 0.00955. The quantitative estimate of drug-likeness (QED) is 0.712. The Labute approximate surface area is 141 Å². The molecule has 0 radical (unpaired) electrons. The van der Waals surface area contributed by atoms with Crippen LogP contribution in [-0.2, 0) is 9.59 Å². The van der Waals surface area contributed by atoms with Gasteiger partial charge in [-0.15, -0.1) is 0 Å². The largest absolute Gasteiger partial charge is 0.342 e. The van der Waals surface area contributed by atoms with Crippen molar-refractivity contribution < 1.29 is 9.59 Å². The normalized spacial score (nSPS) is 10.4. The van der Waals surface area contributed by atoms with E-state index in [0.29, 0.717) is 28.8 Å². The highest BCUT2D eigenvalue weighted by molar-refractivity contribution is 6.35. The van der Waals surface area contributed by atoms with Gasteiger partial charge in [0.05, 0.1) is 10.7 Å². The maximum absolute atomic E-state index is 12.0. The number of nitrogens with one attached hydrogen (secondary N) is 1. The third-order valence-electron chi connectivity index (χ3n) is 3.29. The van der Waals surface area contributed by atoms with E-state index >= 15 is 0 Å². The first-order valence-electron chi connectivity index (χ1n) is 7.44. The molecule has 0 fully saturated rings. The number of hydrogen-bond acceptors (Lipinski definition) is 2. The zero-order valence-electron chi connectivity index (χ0n) is 13.0. The van der Waals surface area contributed by atoms with Gasteiger partial charge in [0.2, 0.25) is 11.8 Å². The van der Waals surface area contributed by atoms with Gasteiger partial charge >= 0.3 is 0 Å². The molecule has 0 aromatic heterocycles. The van der Waals surface area contributed by atoms with Gasteiger partial charge in [0.1, 0.15) is 0 Å². The third kappa shape index (κ3) is 6.67. The maximum atomic E-state index is 12.0. The van der Waals surface area contributed by atoms with E-state index in [0.717, 1.165) is 19.3 Å². The molecule has 0 saturated heterocycles. The topological polar surface area (TPSA) is 49.4 Å². The molecule has 0 aliphatic carbocycles. The van der Waals surface area contributed by atoms with Crippen LogP contribution in [0.15, 0.2) is 18.2 Å². The lowest BCUT2D eigenvalue weighted by Gasteiger charge is -2.20. The Hall–Kier alpha value is -1.26. The van der Waals surface area contributed by atoms with Gasteiger partial charge in [-0.1, -0.05) is 43.0 Å². The molecule has 6 heteroatoms. The predicted molar refractivity (Wildman–Crippen MR) is 91.5 cm³/mol. The fourth-order valence-corrected chi connectivity index (χ4v) is 2.36. The SMILES string of the molecule is CCCCCN(CCC(=O)Nc1cc(Cl)ccc1Cl)C(C)=O. The summed E-state index contributed by atoms with van der Waals surface area (Å²) in [7, 11) is 0. The molecule has 2 amide bonds. The van der Waals surface area contributed by atoms with Crippen molar-refractivity contribution >= 4 is 40.7 Å². The van der Waals surface area contributed by atoms with Crippen LogP contribution in [0.4, 0.5) is 5.69 Å². The number of carbonyl (C=O) groups is 2. The summed E-state index contributed by atoms with van der Waals surface area (Å²) in [6.45, 7) is 4.73. The third-order valence-corrected chi connectivity index (χ3v) is 3.85. The molecule has 0 aliphatic rings. The molecular weight excluding hydrogens is 323 g/mol. The van der Waals surface area contributed by atoms with Gasteiger partial charge in [0, 0.05) is 31.5 Å². The molecule has 4 nitrogen and oxygen atoms in total. The van der Waals surface area contributed by atoms with Crippen LogP contribution in [0.2, 0.25) is 10.0 Å². The van der Waals surface area contributed by atoms with Crippen molar-refractivity contribution in [2.45, 2.75) is 39.5 Å². The molecule has 0 unspecified atom stereocenters. The van der Waals surface area contributed by atoms with Crippen molar-refractivity contribution in [1.29, 1.82) is 0 Å². The fraction of sp³-hybridized carbons (Fsp3) is 0.500. The lowest BCUT2D eigenvalue weighted by atomic mass is 10.2. The number of benzene rings is 1. The highest BCUT2D eigenvalue weighted by atomic mass is 35.5. The second-order valence-corrected chi connectivity index (χ2v) is 5.98. The first-order chi connectivity index (χ1) is 10.4. The molecule has 122 valence electrons. The van der Waals surface area contributed by atoms with Crippen molar-refractivity contribution in [3.63, 3.8) is 0 Å².